The molecule has 2 aromatic carbocycles. The number of benzene rings is 2. The second kappa shape index (κ2) is 4.72. The van der Waals surface area contributed by atoms with Gasteiger partial charge in [-0.15, -0.1) is 11.3 Å². The van der Waals surface area contributed by atoms with E-state index in [-0.39, 0.29) is 0 Å². The molecule has 0 atom stereocenters. The van der Waals surface area contributed by atoms with Gasteiger partial charge in [0.1, 0.15) is 10.5 Å². The van der Waals surface area contributed by atoms with E-state index in [1.54, 1.807) is 11.3 Å². The summed E-state index contributed by atoms with van der Waals surface area (Å²) >= 11 is 1.68. The van der Waals surface area contributed by atoms with Crippen LogP contribution in [0, 0.1) is 12.5 Å². The molecule has 92 valence electrons. The van der Waals surface area contributed by atoms with Crippen LogP contribution in [-0.4, -0.2) is 4.98 Å². The zero-order valence-electron chi connectivity index (χ0n) is 10.3. The molecule has 3 aromatic rings. The summed E-state index contributed by atoms with van der Waals surface area (Å²) in [5.74, 6) is 0. The van der Waals surface area contributed by atoms with Crippen molar-refractivity contribution < 1.29 is 0 Å². The molecule has 0 unspecified atom stereocenters. The van der Waals surface area contributed by atoms with Crippen LogP contribution >= 0.6 is 11.3 Å². The lowest BCUT2D eigenvalue weighted by Gasteiger charge is -1.93. The minimum absolute atomic E-state index is 0.677. The predicted molar refractivity (Wildman–Crippen MR) is 76.7 cm³/mol. The fourth-order valence-electron chi connectivity index (χ4n) is 1.88. The molecular weight excluding hydrogens is 256 g/mol. The molecule has 0 saturated carbocycles. The minimum Gasteiger partial charge on any atom is -0.236 e. The van der Waals surface area contributed by atoms with Gasteiger partial charge < -0.3 is 0 Å². The van der Waals surface area contributed by atoms with E-state index in [0.29, 0.717) is 5.69 Å². The third-order valence-electron chi connectivity index (χ3n) is 2.82. The van der Waals surface area contributed by atoms with Gasteiger partial charge in [0.2, 0.25) is 4.91 Å². The summed E-state index contributed by atoms with van der Waals surface area (Å²) in [5.41, 5.74) is 10.7. The fourth-order valence-corrected chi connectivity index (χ4v) is 2.95. The topological polar surface area (TPSA) is 63.2 Å². The van der Waals surface area contributed by atoms with Crippen LogP contribution in [0.25, 0.3) is 20.8 Å². The van der Waals surface area contributed by atoms with E-state index in [1.807, 2.05) is 30.3 Å². The minimum atomic E-state index is 0.677. The monoisotopic (exact) mass is 267 g/mol. The number of hydrogen-bond donors (Lipinski definition) is 1. The van der Waals surface area contributed by atoms with E-state index in [9.17, 15) is 0 Å². The van der Waals surface area contributed by atoms with Crippen LogP contribution in [0.3, 0.4) is 0 Å². The molecule has 0 spiro atoms. The largest absolute Gasteiger partial charge is 0.236 e. The summed E-state index contributed by atoms with van der Waals surface area (Å²) in [6.45, 7) is 2.08. The normalized spacial score (nSPS) is 10.4. The number of rotatable bonds is 2. The lowest BCUT2D eigenvalue weighted by Crippen LogP contribution is -1.75. The van der Waals surface area contributed by atoms with Crippen LogP contribution in [0.15, 0.2) is 47.6 Å². The first-order chi connectivity index (χ1) is 9.26. The highest BCUT2D eigenvalue weighted by molar-refractivity contribution is 7.21. The van der Waals surface area contributed by atoms with Gasteiger partial charge in [0.15, 0.2) is 10.8 Å². The van der Waals surface area contributed by atoms with E-state index in [4.69, 9.17) is 5.53 Å². The summed E-state index contributed by atoms with van der Waals surface area (Å²) < 4.78 is 1.20. The Hall–Kier alpha value is -2.36. The summed E-state index contributed by atoms with van der Waals surface area (Å²) in [6, 6.07) is 13.9. The van der Waals surface area contributed by atoms with Gasteiger partial charge in [0, 0.05) is 5.56 Å². The van der Waals surface area contributed by atoms with Gasteiger partial charge in [0.25, 0.3) is 0 Å². The molecule has 5 heteroatoms. The number of aryl methyl sites for hydroxylation is 1. The third-order valence-corrected chi connectivity index (χ3v) is 3.89. The Morgan fingerprint density at radius 3 is 2.68 bits per heavy atom. The van der Waals surface area contributed by atoms with Gasteiger partial charge in [-0.2, -0.15) is 0 Å². The highest BCUT2D eigenvalue weighted by atomic mass is 32.1. The lowest BCUT2D eigenvalue weighted by molar-refractivity contribution is 0.992. The van der Waals surface area contributed by atoms with Crippen LogP contribution in [0.5, 0.6) is 0 Å². The van der Waals surface area contributed by atoms with E-state index >= 15 is 0 Å². The van der Waals surface area contributed by atoms with Gasteiger partial charge in [-0.05, 0) is 48.9 Å². The first-order valence-corrected chi connectivity index (χ1v) is 6.63. The maximum atomic E-state index is 6.70. The average Bonchev–Trinajstić information content (AvgIpc) is 2.83. The molecular formula is C14H11N4S+. The molecule has 0 bridgehead atoms. The predicted octanol–water partition coefficient (Wildman–Crippen LogP) is 4.45. The van der Waals surface area contributed by atoms with E-state index < -0.39 is 0 Å². The zero-order valence-corrected chi connectivity index (χ0v) is 11.1. The van der Waals surface area contributed by atoms with Crippen molar-refractivity contribution in [2.24, 2.45) is 5.11 Å². The Morgan fingerprint density at radius 2 is 1.95 bits per heavy atom. The average molecular weight is 267 g/mol. The third kappa shape index (κ3) is 2.29. The molecule has 0 aliphatic heterocycles. The molecule has 0 fully saturated rings. The maximum Gasteiger partial charge on any atom is 0.220 e. The molecule has 0 aliphatic rings. The van der Waals surface area contributed by atoms with Crippen molar-refractivity contribution in [1.82, 2.24) is 9.90 Å². The van der Waals surface area contributed by atoms with Crippen molar-refractivity contribution in [3.8, 4) is 10.6 Å². The number of nitrogens with one attached hydrogen (secondary N) is 1. The standard InChI is InChI=1S/C14H11N4S/c1-9-2-7-12-13(8-9)19-14(16-12)10-3-5-11(6-4-10)17-18-15/h2-8,15H,1H3/q+1. The number of fused-ring (bicyclic) bond motifs is 1. The second-order valence-corrected chi connectivity index (χ2v) is 5.27. The Morgan fingerprint density at radius 1 is 1.16 bits per heavy atom. The highest BCUT2D eigenvalue weighted by Gasteiger charge is 2.06. The highest BCUT2D eigenvalue weighted by Crippen LogP contribution is 2.31. The molecule has 0 radical (unpaired) electrons. The zero-order chi connectivity index (χ0) is 13.2. The number of hydrogen-bond acceptors (Lipinski definition) is 4. The molecule has 1 heterocycles. The summed E-state index contributed by atoms with van der Waals surface area (Å²) in [7, 11) is 0. The molecule has 19 heavy (non-hydrogen) atoms. The molecule has 3 rings (SSSR count). The maximum absolute atomic E-state index is 6.70. The van der Waals surface area contributed by atoms with E-state index in [0.717, 1.165) is 16.1 Å². The SMILES string of the molecule is Cc1ccc2nc(-c3ccc(N=[N+]=N)cc3)sc2c1. The molecule has 1 N–H and O–H groups in total. The van der Waals surface area contributed by atoms with Crippen molar-refractivity contribution in [2.75, 3.05) is 0 Å². The van der Waals surface area contributed by atoms with Crippen molar-refractivity contribution in [3.05, 3.63) is 48.0 Å². The number of aromatic nitrogens is 1. The quantitative estimate of drug-likeness (QED) is 0.541. The lowest BCUT2D eigenvalue weighted by atomic mass is 10.2. The molecule has 4 nitrogen and oxygen atoms in total. The van der Waals surface area contributed by atoms with Crippen molar-refractivity contribution >= 4 is 27.2 Å². The summed E-state index contributed by atoms with van der Waals surface area (Å²) in [6.07, 6.45) is 0. The molecule has 0 saturated heterocycles. The Kier molecular flexibility index (Phi) is 2.91. The fraction of sp³-hybridized carbons (Fsp3) is 0.0714. The summed E-state index contributed by atoms with van der Waals surface area (Å²) in [4.78, 5) is 7.64. The Balaban J connectivity index is 2.05. The van der Waals surface area contributed by atoms with Gasteiger partial charge in [-0.3, -0.25) is 0 Å². The van der Waals surface area contributed by atoms with E-state index in [2.05, 4.69) is 34.1 Å². The van der Waals surface area contributed by atoms with Crippen molar-refractivity contribution in [3.63, 3.8) is 0 Å². The Bertz CT molecular complexity index is 783. The molecule has 1 aromatic heterocycles. The first kappa shape index (κ1) is 11.7. The van der Waals surface area contributed by atoms with Crippen molar-refractivity contribution in [1.29, 1.82) is 5.53 Å². The van der Waals surface area contributed by atoms with Gasteiger partial charge in [0.05, 0.1) is 10.2 Å². The summed E-state index contributed by atoms with van der Waals surface area (Å²) in [5, 5.41) is 4.67. The van der Waals surface area contributed by atoms with Gasteiger partial charge in [-0.1, -0.05) is 6.07 Å². The van der Waals surface area contributed by atoms with Crippen LogP contribution in [0.2, 0.25) is 0 Å². The molecule has 0 amide bonds. The number of nitrogens with zero attached hydrogens (tertiary/aromatic N) is 3. The second-order valence-electron chi connectivity index (χ2n) is 4.24. The first-order valence-electron chi connectivity index (χ1n) is 5.81. The van der Waals surface area contributed by atoms with Crippen LogP contribution in [0.4, 0.5) is 5.69 Å². The van der Waals surface area contributed by atoms with Crippen LogP contribution in [0.1, 0.15) is 5.56 Å². The Labute approximate surface area is 114 Å². The van der Waals surface area contributed by atoms with Crippen molar-refractivity contribution in [2.45, 2.75) is 6.92 Å². The molecule has 0 aliphatic carbocycles. The van der Waals surface area contributed by atoms with Gasteiger partial charge >= 0.3 is 0 Å². The smallest absolute Gasteiger partial charge is 0.220 e. The number of thiazole rings is 1. The van der Waals surface area contributed by atoms with Crippen LogP contribution < -0.4 is 4.91 Å². The van der Waals surface area contributed by atoms with Crippen LogP contribution in [-0.2, 0) is 0 Å². The van der Waals surface area contributed by atoms with E-state index in [1.165, 1.54) is 10.3 Å². The van der Waals surface area contributed by atoms with Gasteiger partial charge in [-0.25, -0.2) is 4.98 Å².